The van der Waals surface area contributed by atoms with Crippen LogP contribution in [-0.4, -0.2) is 25.5 Å². The van der Waals surface area contributed by atoms with Crippen LogP contribution in [0.1, 0.15) is 15.9 Å². The fourth-order valence-corrected chi connectivity index (χ4v) is 3.55. The van der Waals surface area contributed by atoms with Crippen LogP contribution in [0.2, 0.25) is 0 Å². The molecule has 0 bridgehead atoms. The number of anilines is 1. The Morgan fingerprint density at radius 2 is 1.58 bits per heavy atom. The summed E-state index contributed by atoms with van der Waals surface area (Å²) in [7, 11) is 1.60. The lowest BCUT2D eigenvalue weighted by molar-refractivity contribution is -0.115. The fourth-order valence-electron chi connectivity index (χ4n) is 3.55. The molecule has 6 heteroatoms. The van der Waals surface area contributed by atoms with Gasteiger partial charge in [0.15, 0.2) is 5.75 Å². The quantitative estimate of drug-likeness (QED) is 0.408. The number of methoxy groups -OCH3 is 1. The highest BCUT2D eigenvalue weighted by atomic mass is 16.5. The number of fused-ring (bicyclic) bond motifs is 1. The zero-order valence-corrected chi connectivity index (χ0v) is 18.4. The third-order valence-corrected chi connectivity index (χ3v) is 5.09. The zero-order chi connectivity index (χ0) is 23.2. The average Bonchev–Trinajstić information content (AvgIpc) is 2.83. The summed E-state index contributed by atoms with van der Waals surface area (Å²) in [6.07, 6.45) is 0. The minimum atomic E-state index is -0.360. The molecule has 2 amide bonds. The van der Waals surface area contributed by atoms with E-state index >= 15 is 0 Å². The Labute approximate surface area is 192 Å². The highest BCUT2D eigenvalue weighted by Gasteiger charge is 2.13. The number of amides is 2. The lowest BCUT2D eigenvalue weighted by atomic mass is 10.0. The number of benzene rings is 4. The maximum absolute atomic E-state index is 12.7. The van der Waals surface area contributed by atoms with Crippen molar-refractivity contribution < 1.29 is 19.1 Å². The summed E-state index contributed by atoms with van der Waals surface area (Å²) in [6.45, 7) is 1.77. The second-order valence-corrected chi connectivity index (χ2v) is 7.54. The molecule has 0 saturated heterocycles. The predicted molar refractivity (Wildman–Crippen MR) is 129 cm³/mol. The van der Waals surface area contributed by atoms with Crippen molar-refractivity contribution in [3.05, 3.63) is 96.1 Å². The van der Waals surface area contributed by atoms with Crippen LogP contribution in [0.15, 0.2) is 84.9 Å². The second-order valence-electron chi connectivity index (χ2n) is 7.54. The van der Waals surface area contributed by atoms with E-state index in [2.05, 4.69) is 10.6 Å². The molecular formula is C27H24N2O4. The summed E-state index contributed by atoms with van der Waals surface area (Å²) in [5, 5.41) is 7.31. The van der Waals surface area contributed by atoms with Crippen molar-refractivity contribution in [1.82, 2.24) is 5.32 Å². The maximum atomic E-state index is 12.7. The highest BCUT2D eigenvalue weighted by Crippen LogP contribution is 2.32. The fraction of sp³-hybridized carbons (Fsp3) is 0.111. The molecule has 0 aromatic heterocycles. The van der Waals surface area contributed by atoms with Gasteiger partial charge in [-0.3, -0.25) is 9.59 Å². The van der Waals surface area contributed by atoms with Crippen molar-refractivity contribution in [3.63, 3.8) is 0 Å². The van der Waals surface area contributed by atoms with E-state index in [0.29, 0.717) is 28.5 Å². The molecule has 4 rings (SSSR count). The summed E-state index contributed by atoms with van der Waals surface area (Å²) >= 11 is 0. The van der Waals surface area contributed by atoms with Gasteiger partial charge in [0.2, 0.25) is 5.91 Å². The summed E-state index contributed by atoms with van der Waals surface area (Å²) in [5.74, 6) is 1.10. The first-order valence-corrected chi connectivity index (χ1v) is 10.5. The molecule has 0 fully saturated rings. The Morgan fingerprint density at radius 1 is 0.848 bits per heavy atom. The molecule has 0 radical (unpaired) electrons. The number of hydrogen-bond donors (Lipinski definition) is 2. The molecule has 0 saturated carbocycles. The van der Waals surface area contributed by atoms with Gasteiger partial charge < -0.3 is 20.1 Å². The Hall–Kier alpha value is -4.32. The first kappa shape index (κ1) is 21.9. The molecule has 0 unspecified atom stereocenters. The Balaban J connectivity index is 1.43. The third kappa shape index (κ3) is 5.30. The molecule has 6 nitrogen and oxygen atoms in total. The van der Waals surface area contributed by atoms with E-state index in [1.54, 1.807) is 37.4 Å². The standard InChI is InChI=1S/C27H24N2O4/c1-18-14-20(32-2)16-21(15-18)33-25-13-6-5-12-24(25)29-26(30)17-28-27(31)23-11-7-9-19-8-3-4-10-22(19)23/h3-16H,17H2,1-2H3,(H,28,31)(H,29,30). The van der Waals surface area contributed by atoms with Gasteiger partial charge in [-0.15, -0.1) is 0 Å². The molecular weight excluding hydrogens is 416 g/mol. The number of hydrogen-bond acceptors (Lipinski definition) is 4. The molecule has 2 N–H and O–H groups in total. The number of aryl methyl sites for hydroxylation is 1. The van der Waals surface area contributed by atoms with Gasteiger partial charge >= 0.3 is 0 Å². The van der Waals surface area contributed by atoms with Crippen LogP contribution in [0, 0.1) is 6.92 Å². The predicted octanol–water partition coefficient (Wildman–Crippen LogP) is 5.32. The van der Waals surface area contributed by atoms with Crippen LogP contribution in [0.3, 0.4) is 0 Å². The summed E-state index contributed by atoms with van der Waals surface area (Å²) in [5.41, 5.74) is 2.02. The van der Waals surface area contributed by atoms with E-state index in [1.807, 2.05) is 61.5 Å². The second kappa shape index (κ2) is 9.87. The SMILES string of the molecule is COc1cc(C)cc(Oc2ccccc2NC(=O)CNC(=O)c2cccc3ccccc23)c1. The van der Waals surface area contributed by atoms with E-state index in [4.69, 9.17) is 9.47 Å². The Bertz CT molecular complexity index is 1310. The number of carbonyl (C=O) groups excluding carboxylic acids is 2. The molecule has 4 aromatic rings. The van der Waals surface area contributed by atoms with Gasteiger partial charge in [-0.05, 0) is 53.6 Å². The summed E-state index contributed by atoms with van der Waals surface area (Å²) < 4.78 is 11.3. The van der Waals surface area contributed by atoms with E-state index < -0.39 is 0 Å². The lowest BCUT2D eigenvalue weighted by Gasteiger charge is -2.14. The molecule has 4 aromatic carbocycles. The molecule has 0 atom stereocenters. The molecule has 0 aliphatic rings. The number of carbonyl (C=O) groups is 2. The van der Waals surface area contributed by atoms with E-state index in [1.165, 1.54) is 0 Å². The van der Waals surface area contributed by atoms with Gasteiger partial charge in [-0.1, -0.05) is 48.5 Å². The number of nitrogens with one attached hydrogen (secondary N) is 2. The molecule has 0 heterocycles. The summed E-state index contributed by atoms with van der Waals surface area (Å²) in [6, 6.07) is 25.8. The van der Waals surface area contributed by atoms with Crippen molar-refractivity contribution in [3.8, 4) is 17.2 Å². The molecule has 166 valence electrons. The van der Waals surface area contributed by atoms with Crippen LogP contribution in [0.5, 0.6) is 17.2 Å². The van der Waals surface area contributed by atoms with Gasteiger partial charge in [-0.25, -0.2) is 0 Å². The van der Waals surface area contributed by atoms with Gasteiger partial charge in [-0.2, -0.15) is 0 Å². The lowest BCUT2D eigenvalue weighted by Crippen LogP contribution is -2.33. The molecule has 0 aliphatic carbocycles. The van der Waals surface area contributed by atoms with Crippen molar-refractivity contribution in [2.45, 2.75) is 6.92 Å². The monoisotopic (exact) mass is 440 g/mol. The number of ether oxygens (including phenoxy) is 2. The topological polar surface area (TPSA) is 76.7 Å². The first-order valence-electron chi connectivity index (χ1n) is 10.5. The molecule has 33 heavy (non-hydrogen) atoms. The van der Waals surface area contributed by atoms with Crippen molar-refractivity contribution in [1.29, 1.82) is 0 Å². The first-order chi connectivity index (χ1) is 16.0. The van der Waals surface area contributed by atoms with Crippen molar-refractivity contribution >= 4 is 28.3 Å². The van der Waals surface area contributed by atoms with Crippen LogP contribution >= 0.6 is 0 Å². The van der Waals surface area contributed by atoms with Crippen molar-refractivity contribution in [2.75, 3.05) is 19.0 Å². The minimum absolute atomic E-state index is 0.172. The van der Waals surface area contributed by atoms with E-state index in [-0.39, 0.29) is 18.4 Å². The Kier molecular flexibility index (Phi) is 6.55. The van der Waals surface area contributed by atoms with Crippen LogP contribution < -0.4 is 20.1 Å². The van der Waals surface area contributed by atoms with Gasteiger partial charge in [0, 0.05) is 11.6 Å². The van der Waals surface area contributed by atoms with Crippen molar-refractivity contribution in [2.24, 2.45) is 0 Å². The smallest absolute Gasteiger partial charge is 0.252 e. The number of rotatable bonds is 7. The Morgan fingerprint density at radius 3 is 2.42 bits per heavy atom. The molecule has 0 spiro atoms. The van der Waals surface area contributed by atoms with Gasteiger partial charge in [0.25, 0.3) is 5.91 Å². The van der Waals surface area contributed by atoms with E-state index in [9.17, 15) is 9.59 Å². The van der Waals surface area contributed by atoms with Crippen LogP contribution in [0.4, 0.5) is 5.69 Å². The zero-order valence-electron chi connectivity index (χ0n) is 18.4. The normalized spacial score (nSPS) is 10.5. The van der Waals surface area contributed by atoms with Crippen LogP contribution in [0.25, 0.3) is 10.8 Å². The van der Waals surface area contributed by atoms with Gasteiger partial charge in [0.1, 0.15) is 11.5 Å². The maximum Gasteiger partial charge on any atom is 0.252 e. The third-order valence-electron chi connectivity index (χ3n) is 5.09. The van der Waals surface area contributed by atoms with Crippen LogP contribution in [-0.2, 0) is 4.79 Å². The molecule has 0 aliphatic heterocycles. The highest BCUT2D eigenvalue weighted by molar-refractivity contribution is 6.08. The van der Waals surface area contributed by atoms with Gasteiger partial charge in [0.05, 0.1) is 19.3 Å². The summed E-state index contributed by atoms with van der Waals surface area (Å²) in [4.78, 5) is 25.3. The average molecular weight is 440 g/mol. The number of para-hydroxylation sites is 2. The minimum Gasteiger partial charge on any atom is -0.497 e. The largest absolute Gasteiger partial charge is 0.497 e. The van der Waals surface area contributed by atoms with E-state index in [0.717, 1.165) is 16.3 Å².